The molecule has 0 unspecified atom stereocenters. The average Bonchev–Trinajstić information content (AvgIpc) is 3.12. The van der Waals surface area contributed by atoms with Crippen molar-refractivity contribution in [1.82, 2.24) is 8.87 Å². The minimum atomic E-state index is -3.59. The quantitative estimate of drug-likeness (QED) is 0.568. The van der Waals surface area contributed by atoms with E-state index in [0.29, 0.717) is 36.7 Å². The van der Waals surface area contributed by atoms with E-state index < -0.39 is 10.0 Å². The van der Waals surface area contributed by atoms with Crippen molar-refractivity contribution in [3.05, 3.63) is 57.9 Å². The minimum absolute atomic E-state index is 0.171. The molecule has 0 radical (unpaired) electrons. The third-order valence-electron chi connectivity index (χ3n) is 5.47. The molecule has 7 nitrogen and oxygen atoms in total. The van der Waals surface area contributed by atoms with E-state index in [1.807, 2.05) is 0 Å². The van der Waals surface area contributed by atoms with E-state index in [0.717, 1.165) is 23.2 Å². The molecule has 1 aliphatic rings. The number of amides is 1. The molecule has 0 spiro atoms. The molecule has 1 aliphatic heterocycles. The number of rotatable bonds is 5. The SMILES string of the molecule is CCCn1c(=NC(=O)c2ccc(S(=O)(=O)N3CCOCC3)cc2)sc2c(C)cc(C)cc21. The Morgan fingerprint density at radius 2 is 1.81 bits per heavy atom. The Morgan fingerprint density at radius 1 is 1.12 bits per heavy atom. The summed E-state index contributed by atoms with van der Waals surface area (Å²) < 4.78 is 35.5. The zero-order chi connectivity index (χ0) is 22.9. The number of ether oxygens (including phenoxy) is 1. The second kappa shape index (κ2) is 9.27. The highest BCUT2D eigenvalue weighted by Gasteiger charge is 2.26. The lowest BCUT2D eigenvalue weighted by Crippen LogP contribution is -2.40. The monoisotopic (exact) mass is 473 g/mol. The van der Waals surface area contributed by atoms with Crippen molar-refractivity contribution in [3.63, 3.8) is 0 Å². The van der Waals surface area contributed by atoms with Crippen molar-refractivity contribution in [2.24, 2.45) is 4.99 Å². The molecule has 0 aliphatic carbocycles. The third-order valence-corrected chi connectivity index (χ3v) is 8.61. The number of sulfonamides is 1. The van der Waals surface area contributed by atoms with Gasteiger partial charge in [-0.3, -0.25) is 4.79 Å². The van der Waals surface area contributed by atoms with Gasteiger partial charge in [-0.2, -0.15) is 9.30 Å². The highest BCUT2D eigenvalue weighted by Crippen LogP contribution is 2.24. The zero-order valence-electron chi connectivity index (χ0n) is 18.5. The minimum Gasteiger partial charge on any atom is -0.379 e. The maximum Gasteiger partial charge on any atom is 0.279 e. The number of thiazole rings is 1. The Labute approximate surface area is 192 Å². The summed E-state index contributed by atoms with van der Waals surface area (Å²) in [7, 11) is -3.59. The Morgan fingerprint density at radius 3 is 2.47 bits per heavy atom. The lowest BCUT2D eigenvalue weighted by molar-refractivity contribution is 0.0730. The predicted octanol–water partition coefficient (Wildman–Crippen LogP) is 3.49. The van der Waals surface area contributed by atoms with Crippen LogP contribution >= 0.6 is 11.3 Å². The molecular weight excluding hydrogens is 446 g/mol. The lowest BCUT2D eigenvalue weighted by atomic mass is 10.1. The smallest absolute Gasteiger partial charge is 0.279 e. The molecule has 32 heavy (non-hydrogen) atoms. The van der Waals surface area contributed by atoms with Gasteiger partial charge in [-0.25, -0.2) is 8.42 Å². The van der Waals surface area contributed by atoms with Crippen molar-refractivity contribution in [2.75, 3.05) is 26.3 Å². The third kappa shape index (κ3) is 4.43. The van der Waals surface area contributed by atoms with Crippen LogP contribution in [0.3, 0.4) is 0 Å². The van der Waals surface area contributed by atoms with Crippen molar-refractivity contribution in [2.45, 2.75) is 38.6 Å². The van der Waals surface area contributed by atoms with Gasteiger partial charge in [0, 0.05) is 25.2 Å². The molecule has 1 amide bonds. The molecule has 0 saturated carbocycles. The Bertz CT molecular complexity index is 1320. The largest absolute Gasteiger partial charge is 0.379 e. The Kier molecular flexibility index (Phi) is 6.62. The van der Waals surface area contributed by atoms with E-state index in [4.69, 9.17) is 4.74 Å². The summed E-state index contributed by atoms with van der Waals surface area (Å²) in [6.45, 7) is 8.45. The van der Waals surface area contributed by atoms with Crippen molar-refractivity contribution in [3.8, 4) is 0 Å². The number of hydrogen-bond acceptors (Lipinski definition) is 5. The first-order valence-corrected chi connectivity index (χ1v) is 12.9. The predicted molar refractivity (Wildman–Crippen MR) is 125 cm³/mol. The maximum absolute atomic E-state index is 12.9. The first-order valence-electron chi connectivity index (χ1n) is 10.7. The summed E-state index contributed by atoms with van der Waals surface area (Å²) in [6, 6.07) is 10.3. The molecule has 3 aromatic rings. The number of morpholine rings is 1. The van der Waals surface area contributed by atoms with Gasteiger partial charge in [0.25, 0.3) is 5.91 Å². The normalized spacial score (nSPS) is 16.0. The van der Waals surface area contributed by atoms with Crippen LogP contribution in [0.15, 0.2) is 46.3 Å². The fourth-order valence-corrected chi connectivity index (χ4v) is 6.41. The van der Waals surface area contributed by atoms with Crippen LogP contribution in [-0.2, 0) is 21.3 Å². The van der Waals surface area contributed by atoms with Crippen LogP contribution in [0.25, 0.3) is 10.2 Å². The summed E-state index contributed by atoms with van der Waals surface area (Å²) in [5, 5.41) is 0. The van der Waals surface area contributed by atoms with E-state index in [2.05, 4.69) is 42.5 Å². The van der Waals surface area contributed by atoms with Crippen LogP contribution in [0, 0.1) is 13.8 Å². The summed E-state index contributed by atoms with van der Waals surface area (Å²) in [5.74, 6) is -0.383. The first-order chi connectivity index (χ1) is 15.3. The molecule has 1 saturated heterocycles. The molecule has 1 fully saturated rings. The fraction of sp³-hybridized carbons (Fsp3) is 0.391. The number of nitrogens with zero attached hydrogens (tertiary/aromatic N) is 3. The number of carbonyl (C=O) groups excluding carboxylic acids is 1. The van der Waals surface area contributed by atoms with Crippen molar-refractivity contribution < 1.29 is 17.9 Å². The molecule has 2 aromatic carbocycles. The van der Waals surface area contributed by atoms with Crippen LogP contribution in [0.5, 0.6) is 0 Å². The highest BCUT2D eigenvalue weighted by atomic mass is 32.2. The van der Waals surface area contributed by atoms with Gasteiger partial charge in [0.1, 0.15) is 0 Å². The van der Waals surface area contributed by atoms with Crippen LogP contribution in [-0.4, -0.2) is 49.5 Å². The van der Waals surface area contributed by atoms with Gasteiger partial charge in [0.05, 0.1) is 28.3 Å². The van der Waals surface area contributed by atoms with Gasteiger partial charge in [-0.15, -0.1) is 0 Å². The number of carbonyl (C=O) groups is 1. The molecular formula is C23H27N3O4S2. The average molecular weight is 474 g/mol. The molecule has 0 N–H and O–H groups in total. The summed E-state index contributed by atoms with van der Waals surface area (Å²) in [6.07, 6.45) is 0.925. The molecule has 0 bridgehead atoms. The van der Waals surface area contributed by atoms with E-state index >= 15 is 0 Å². The highest BCUT2D eigenvalue weighted by molar-refractivity contribution is 7.89. The summed E-state index contributed by atoms with van der Waals surface area (Å²) >= 11 is 1.51. The molecule has 1 aromatic heterocycles. The molecule has 170 valence electrons. The van der Waals surface area contributed by atoms with Gasteiger partial charge < -0.3 is 9.30 Å². The molecule has 0 atom stereocenters. The van der Waals surface area contributed by atoms with Crippen LogP contribution in [0.4, 0.5) is 0 Å². The summed E-state index contributed by atoms with van der Waals surface area (Å²) in [4.78, 5) is 18.1. The maximum atomic E-state index is 12.9. The number of aromatic nitrogens is 1. The topological polar surface area (TPSA) is 81.0 Å². The van der Waals surface area contributed by atoms with Gasteiger partial charge in [-0.05, 0) is 61.7 Å². The van der Waals surface area contributed by atoms with Gasteiger partial charge >= 0.3 is 0 Å². The molecule has 4 rings (SSSR count). The van der Waals surface area contributed by atoms with Crippen LogP contribution < -0.4 is 4.80 Å². The second-order valence-corrected chi connectivity index (χ2v) is 10.8. The van der Waals surface area contributed by atoms with Gasteiger partial charge in [0.2, 0.25) is 10.0 Å². The standard InChI is InChI=1S/C23H27N3O4S2/c1-4-9-26-20-15-16(2)14-17(3)21(20)31-23(26)24-22(27)18-5-7-19(8-6-18)32(28,29)25-10-12-30-13-11-25/h5-8,14-15H,4,9-13H2,1-3H3. The molecule has 2 heterocycles. The Hall–Kier alpha value is -2.33. The number of fused-ring (bicyclic) bond motifs is 1. The van der Waals surface area contributed by atoms with Gasteiger partial charge in [0.15, 0.2) is 4.80 Å². The number of aryl methyl sites for hydroxylation is 3. The lowest BCUT2D eigenvalue weighted by Gasteiger charge is -2.26. The van der Waals surface area contributed by atoms with E-state index in [1.54, 1.807) is 0 Å². The van der Waals surface area contributed by atoms with Crippen LogP contribution in [0.1, 0.15) is 34.8 Å². The second-order valence-electron chi connectivity index (χ2n) is 7.92. The summed E-state index contributed by atoms with van der Waals surface area (Å²) in [5.41, 5.74) is 3.79. The van der Waals surface area contributed by atoms with E-state index in [1.165, 1.54) is 51.0 Å². The number of hydrogen-bond donors (Lipinski definition) is 0. The zero-order valence-corrected chi connectivity index (χ0v) is 20.1. The van der Waals surface area contributed by atoms with Crippen LogP contribution in [0.2, 0.25) is 0 Å². The van der Waals surface area contributed by atoms with E-state index in [9.17, 15) is 13.2 Å². The van der Waals surface area contributed by atoms with E-state index in [-0.39, 0.29) is 10.8 Å². The van der Waals surface area contributed by atoms with Crippen molar-refractivity contribution in [1.29, 1.82) is 0 Å². The number of benzene rings is 2. The fourth-order valence-electron chi connectivity index (χ4n) is 3.89. The van der Waals surface area contributed by atoms with Crippen molar-refractivity contribution >= 4 is 37.5 Å². The van der Waals surface area contributed by atoms with Gasteiger partial charge in [-0.1, -0.05) is 24.3 Å². The Balaban J connectivity index is 1.67. The first kappa shape index (κ1) is 22.8. The molecule has 9 heteroatoms.